The largest absolute Gasteiger partial charge is 0.390 e. The molecule has 0 spiro atoms. The van der Waals surface area contributed by atoms with Gasteiger partial charge in [0.2, 0.25) is 5.91 Å². The van der Waals surface area contributed by atoms with Gasteiger partial charge in [0.15, 0.2) is 5.13 Å². The summed E-state index contributed by atoms with van der Waals surface area (Å²) in [4.78, 5) is 41.7. The third kappa shape index (κ3) is 6.15. The number of piperidine rings is 1. The summed E-state index contributed by atoms with van der Waals surface area (Å²) < 4.78 is 0. The van der Waals surface area contributed by atoms with E-state index < -0.39 is 6.10 Å². The maximum atomic E-state index is 12.6. The Hall–Kier alpha value is -2.83. The second-order valence-electron chi connectivity index (χ2n) is 8.48. The van der Waals surface area contributed by atoms with Crippen molar-refractivity contribution in [2.45, 2.75) is 44.9 Å². The van der Waals surface area contributed by atoms with Crippen molar-refractivity contribution >= 4 is 34.1 Å². The summed E-state index contributed by atoms with van der Waals surface area (Å²) in [5, 5.41) is 17.1. The standard InChI is InChI=1S/C21H30N8O3S/c1-13(30)29-6-2-14(3-7-29)26-19-8-17(24-12-25-19)20(32)23-9-15(31)10-28-5-4-16-18(11-28)33-21(22)27-16/h8,12,14-15,31H,2-7,9-11H2,1H3,(H2,22,27)(H,23,32)(H,24,25,26)/t15-/m0/s1. The third-order valence-electron chi connectivity index (χ3n) is 5.99. The normalized spacial score (nSPS) is 17.9. The predicted octanol–water partition coefficient (Wildman–Crippen LogP) is 0.0871. The Bertz CT molecular complexity index is 992. The number of rotatable bonds is 7. The lowest BCUT2D eigenvalue weighted by atomic mass is 10.1. The van der Waals surface area contributed by atoms with Crippen LogP contribution in [0.4, 0.5) is 10.9 Å². The van der Waals surface area contributed by atoms with Crippen LogP contribution in [-0.4, -0.2) is 86.5 Å². The fourth-order valence-corrected chi connectivity index (χ4v) is 5.12. The summed E-state index contributed by atoms with van der Waals surface area (Å²) in [6, 6.07) is 1.80. The summed E-state index contributed by atoms with van der Waals surface area (Å²) in [7, 11) is 0. The van der Waals surface area contributed by atoms with Crippen LogP contribution in [0.1, 0.15) is 40.8 Å². The lowest BCUT2D eigenvalue weighted by Gasteiger charge is -2.31. The molecule has 0 bridgehead atoms. The molecule has 0 aromatic carbocycles. The van der Waals surface area contributed by atoms with Crippen molar-refractivity contribution in [3.05, 3.63) is 28.7 Å². The number of aromatic nitrogens is 3. The second-order valence-corrected chi connectivity index (χ2v) is 9.60. The number of nitrogens with two attached hydrogens (primary N) is 1. The molecule has 0 unspecified atom stereocenters. The molecule has 2 aliphatic rings. The van der Waals surface area contributed by atoms with Crippen LogP contribution in [0.2, 0.25) is 0 Å². The van der Waals surface area contributed by atoms with Crippen molar-refractivity contribution in [3.63, 3.8) is 0 Å². The van der Waals surface area contributed by atoms with Crippen LogP contribution in [0, 0.1) is 0 Å². The number of aliphatic hydroxyl groups is 1. The highest BCUT2D eigenvalue weighted by molar-refractivity contribution is 7.15. The van der Waals surface area contributed by atoms with Crippen LogP contribution < -0.4 is 16.4 Å². The SMILES string of the molecule is CC(=O)N1CCC(Nc2cc(C(=O)NC[C@H](O)CN3CCc4nc(N)sc4C3)ncn2)CC1. The first-order valence-corrected chi connectivity index (χ1v) is 12.0. The van der Waals surface area contributed by atoms with Crippen molar-refractivity contribution in [2.75, 3.05) is 43.8 Å². The van der Waals surface area contributed by atoms with Crippen LogP contribution in [0.3, 0.4) is 0 Å². The number of amides is 2. The van der Waals surface area contributed by atoms with Crippen LogP contribution in [0.25, 0.3) is 0 Å². The third-order valence-corrected chi connectivity index (χ3v) is 6.90. The van der Waals surface area contributed by atoms with Crippen LogP contribution in [-0.2, 0) is 17.8 Å². The van der Waals surface area contributed by atoms with Crippen LogP contribution >= 0.6 is 11.3 Å². The van der Waals surface area contributed by atoms with Crippen molar-refractivity contribution in [3.8, 4) is 0 Å². The number of likely N-dealkylation sites (tertiary alicyclic amines) is 1. The molecule has 2 aromatic rings. The highest BCUT2D eigenvalue weighted by Gasteiger charge is 2.23. The minimum atomic E-state index is -0.702. The van der Waals surface area contributed by atoms with E-state index in [0.29, 0.717) is 37.1 Å². The number of carbonyl (C=O) groups is 2. The van der Waals surface area contributed by atoms with Crippen molar-refractivity contribution in [1.29, 1.82) is 0 Å². The molecule has 2 amide bonds. The lowest BCUT2D eigenvalue weighted by Crippen LogP contribution is -2.42. The fourth-order valence-electron chi connectivity index (χ4n) is 4.20. The maximum absolute atomic E-state index is 12.6. The molecule has 1 saturated heterocycles. The van der Waals surface area contributed by atoms with Gasteiger partial charge in [-0.05, 0) is 12.8 Å². The number of nitrogen functional groups attached to an aromatic ring is 1. The number of nitrogens with zero attached hydrogens (tertiary/aromatic N) is 5. The Morgan fingerprint density at radius 1 is 1.30 bits per heavy atom. The van der Waals surface area contributed by atoms with Gasteiger partial charge in [-0.25, -0.2) is 15.0 Å². The molecule has 5 N–H and O–H groups in total. The molecule has 33 heavy (non-hydrogen) atoms. The molecule has 4 rings (SSSR count). The van der Waals surface area contributed by atoms with Crippen molar-refractivity contribution in [2.24, 2.45) is 0 Å². The zero-order valence-corrected chi connectivity index (χ0v) is 19.5. The van der Waals surface area contributed by atoms with Gasteiger partial charge in [-0.3, -0.25) is 14.5 Å². The van der Waals surface area contributed by atoms with Gasteiger partial charge in [0, 0.05) is 69.6 Å². The molecule has 1 fully saturated rings. The molecule has 0 radical (unpaired) electrons. The van der Waals surface area contributed by atoms with Crippen molar-refractivity contribution < 1.29 is 14.7 Å². The second kappa shape index (κ2) is 10.4. The molecule has 12 heteroatoms. The van der Waals surface area contributed by atoms with Gasteiger partial charge in [0.05, 0.1) is 11.8 Å². The number of aliphatic hydroxyl groups excluding tert-OH is 1. The van der Waals surface area contributed by atoms with E-state index in [1.807, 2.05) is 4.90 Å². The van der Waals surface area contributed by atoms with Gasteiger partial charge >= 0.3 is 0 Å². The summed E-state index contributed by atoms with van der Waals surface area (Å²) in [6.07, 6.45) is 3.11. The smallest absolute Gasteiger partial charge is 0.270 e. The highest BCUT2D eigenvalue weighted by atomic mass is 32.1. The Morgan fingerprint density at radius 2 is 2.09 bits per heavy atom. The lowest BCUT2D eigenvalue weighted by molar-refractivity contribution is -0.129. The van der Waals surface area contributed by atoms with Crippen LogP contribution in [0.15, 0.2) is 12.4 Å². The Balaban J connectivity index is 1.23. The van der Waals surface area contributed by atoms with Gasteiger partial charge in [0.25, 0.3) is 5.91 Å². The first-order chi connectivity index (χ1) is 15.9. The van der Waals surface area contributed by atoms with Gasteiger partial charge in [-0.1, -0.05) is 0 Å². The number of carbonyl (C=O) groups excluding carboxylic acids is 2. The van der Waals surface area contributed by atoms with E-state index in [1.54, 1.807) is 13.0 Å². The average Bonchev–Trinajstić information content (AvgIpc) is 3.17. The first kappa shape index (κ1) is 23.3. The summed E-state index contributed by atoms with van der Waals surface area (Å²) >= 11 is 1.49. The summed E-state index contributed by atoms with van der Waals surface area (Å²) in [6.45, 7) is 5.08. The van der Waals surface area contributed by atoms with E-state index >= 15 is 0 Å². The monoisotopic (exact) mass is 474 g/mol. The van der Waals surface area contributed by atoms with E-state index in [1.165, 1.54) is 17.7 Å². The van der Waals surface area contributed by atoms with Crippen molar-refractivity contribution in [1.82, 2.24) is 30.1 Å². The molecule has 0 saturated carbocycles. The quantitative estimate of drug-likeness (QED) is 0.438. The number of anilines is 2. The van der Waals surface area contributed by atoms with E-state index in [9.17, 15) is 14.7 Å². The highest BCUT2D eigenvalue weighted by Crippen LogP contribution is 2.26. The Kier molecular flexibility index (Phi) is 7.36. The minimum absolute atomic E-state index is 0.0925. The molecule has 4 heterocycles. The number of hydrogen-bond donors (Lipinski definition) is 4. The first-order valence-electron chi connectivity index (χ1n) is 11.1. The molecular formula is C21H30N8O3S. The average molecular weight is 475 g/mol. The number of β-amino-alcohol motifs (C(OH)–C–C–N with tert-alkyl or cyclic N) is 1. The summed E-state index contributed by atoms with van der Waals surface area (Å²) in [5.41, 5.74) is 7.07. The molecule has 1 atom stereocenters. The Labute approximate surface area is 196 Å². The van der Waals surface area contributed by atoms with Crippen LogP contribution in [0.5, 0.6) is 0 Å². The Morgan fingerprint density at radius 3 is 2.85 bits per heavy atom. The van der Waals surface area contributed by atoms with E-state index in [4.69, 9.17) is 5.73 Å². The molecule has 0 aliphatic carbocycles. The van der Waals surface area contributed by atoms with E-state index in [-0.39, 0.29) is 30.1 Å². The number of nitrogens with one attached hydrogen (secondary N) is 2. The zero-order chi connectivity index (χ0) is 23.4. The van der Waals surface area contributed by atoms with Gasteiger partial charge in [0.1, 0.15) is 17.8 Å². The van der Waals surface area contributed by atoms with E-state index in [0.717, 1.165) is 36.4 Å². The predicted molar refractivity (Wildman–Crippen MR) is 125 cm³/mol. The molecule has 11 nitrogen and oxygen atoms in total. The topological polar surface area (TPSA) is 150 Å². The summed E-state index contributed by atoms with van der Waals surface area (Å²) in [5.74, 6) is 0.307. The fraction of sp³-hybridized carbons (Fsp3) is 0.571. The van der Waals surface area contributed by atoms with E-state index in [2.05, 4.69) is 30.5 Å². The number of hydrogen-bond acceptors (Lipinski definition) is 10. The van der Waals surface area contributed by atoms with Gasteiger partial charge in [-0.2, -0.15) is 0 Å². The zero-order valence-electron chi connectivity index (χ0n) is 18.7. The minimum Gasteiger partial charge on any atom is -0.390 e. The molecule has 178 valence electrons. The molecule has 2 aliphatic heterocycles. The molecular weight excluding hydrogens is 444 g/mol. The maximum Gasteiger partial charge on any atom is 0.270 e. The van der Waals surface area contributed by atoms with Gasteiger partial charge in [-0.15, -0.1) is 11.3 Å². The number of thiazole rings is 1. The number of fused-ring (bicyclic) bond motifs is 1. The molecule has 2 aromatic heterocycles. The van der Waals surface area contributed by atoms with Gasteiger partial charge < -0.3 is 26.4 Å².